The van der Waals surface area contributed by atoms with Crippen LogP contribution < -0.4 is 9.62 Å². The first kappa shape index (κ1) is 20.9. The van der Waals surface area contributed by atoms with Crippen LogP contribution in [0, 0.1) is 0 Å². The van der Waals surface area contributed by atoms with Gasteiger partial charge in [0.15, 0.2) is 0 Å². The number of carbonyl (C=O) groups is 1. The van der Waals surface area contributed by atoms with Crippen LogP contribution in [0.1, 0.15) is 15.9 Å². The minimum Gasteiger partial charge on any atom is -0.478 e. The van der Waals surface area contributed by atoms with Crippen LogP contribution in [0.25, 0.3) is 0 Å². The van der Waals surface area contributed by atoms with Gasteiger partial charge in [0.1, 0.15) is 0 Å². The van der Waals surface area contributed by atoms with Gasteiger partial charge in [0.2, 0.25) is 0 Å². The molecule has 29 heavy (non-hydrogen) atoms. The maximum Gasteiger partial charge on any atom is 0.335 e. The van der Waals surface area contributed by atoms with Crippen LogP contribution in [-0.2, 0) is 16.6 Å². The Labute approximate surface area is 178 Å². The van der Waals surface area contributed by atoms with Crippen molar-refractivity contribution in [2.45, 2.75) is 11.4 Å². The van der Waals surface area contributed by atoms with Gasteiger partial charge >= 0.3 is 5.97 Å². The standard InChI is InChI=1S/C21H19BrN2O4S/c1-24(14-15-5-3-2-4-6-15)20-12-7-16(21(25)26)13-19(20)23-29(27,28)18-10-8-17(22)9-11-18/h2-13,23H,14H2,1H3,(H,25,26). The summed E-state index contributed by atoms with van der Waals surface area (Å²) in [6.07, 6.45) is 0. The molecule has 6 nitrogen and oxygen atoms in total. The van der Waals surface area contributed by atoms with E-state index in [2.05, 4.69) is 20.7 Å². The van der Waals surface area contributed by atoms with E-state index in [9.17, 15) is 18.3 Å². The molecule has 0 aliphatic rings. The van der Waals surface area contributed by atoms with Crippen LogP contribution in [0.5, 0.6) is 0 Å². The molecule has 3 aromatic rings. The number of hydrogen-bond acceptors (Lipinski definition) is 4. The normalized spacial score (nSPS) is 11.1. The quantitative estimate of drug-likeness (QED) is 0.522. The topological polar surface area (TPSA) is 86.7 Å². The summed E-state index contributed by atoms with van der Waals surface area (Å²) in [4.78, 5) is 13.3. The van der Waals surface area contributed by atoms with E-state index in [4.69, 9.17) is 0 Å². The van der Waals surface area contributed by atoms with Crippen LogP contribution in [0.4, 0.5) is 11.4 Å². The van der Waals surface area contributed by atoms with Gasteiger partial charge in [-0.15, -0.1) is 0 Å². The second kappa shape index (κ2) is 8.67. The van der Waals surface area contributed by atoms with Crippen LogP contribution in [0.3, 0.4) is 0 Å². The second-order valence-electron chi connectivity index (χ2n) is 6.44. The lowest BCUT2D eigenvalue weighted by molar-refractivity contribution is 0.0697. The Morgan fingerprint density at radius 1 is 1.03 bits per heavy atom. The summed E-state index contributed by atoms with van der Waals surface area (Å²) in [7, 11) is -2.07. The molecule has 0 atom stereocenters. The van der Waals surface area contributed by atoms with E-state index < -0.39 is 16.0 Å². The van der Waals surface area contributed by atoms with Crippen molar-refractivity contribution < 1.29 is 18.3 Å². The SMILES string of the molecule is CN(Cc1ccccc1)c1ccc(C(=O)O)cc1NS(=O)(=O)c1ccc(Br)cc1. The highest BCUT2D eigenvalue weighted by Gasteiger charge is 2.19. The Balaban J connectivity index is 1.97. The number of sulfonamides is 1. The molecule has 0 fully saturated rings. The van der Waals surface area contributed by atoms with Gasteiger partial charge in [0, 0.05) is 18.1 Å². The predicted molar refractivity (Wildman–Crippen MR) is 117 cm³/mol. The maximum absolute atomic E-state index is 12.8. The molecule has 0 amide bonds. The third kappa shape index (κ3) is 5.16. The van der Waals surface area contributed by atoms with Gasteiger partial charge in [-0.05, 0) is 48.0 Å². The number of halogens is 1. The van der Waals surface area contributed by atoms with Crippen LogP contribution >= 0.6 is 15.9 Å². The fourth-order valence-electron chi connectivity index (χ4n) is 2.84. The highest BCUT2D eigenvalue weighted by molar-refractivity contribution is 9.10. The number of carboxylic acid groups (broad SMARTS) is 1. The van der Waals surface area contributed by atoms with Crippen LogP contribution in [0.15, 0.2) is 82.2 Å². The fraction of sp³-hybridized carbons (Fsp3) is 0.0952. The molecule has 0 aliphatic heterocycles. The number of hydrogen-bond donors (Lipinski definition) is 2. The predicted octanol–water partition coefficient (Wildman–Crippen LogP) is 4.58. The Morgan fingerprint density at radius 2 is 1.69 bits per heavy atom. The number of benzene rings is 3. The Bertz CT molecular complexity index is 1120. The summed E-state index contributed by atoms with van der Waals surface area (Å²) in [6.45, 7) is 0.528. The highest BCUT2D eigenvalue weighted by atomic mass is 79.9. The first-order valence-corrected chi connectivity index (χ1v) is 10.9. The lowest BCUT2D eigenvalue weighted by Gasteiger charge is -2.23. The first-order valence-electron chi connectivity index (χ1n) is 8.67. The molecule has 0 saturated heterocycles. The first-order chi connectivity index (χ1) is 13.8. The van der Waals surface area contributed by atoms with E-state index in [1.54, 1.807) is 18.2 Å². The number of rotatable bonds is 7. The van der Waals surface area contributed by atoms with Gasteiger partial charge in [-0.1, -0.05) is 46.3 Å². The molecule has 0 bridgehead atoms. The molecular weight excluding hydrogens is 456 g/mol. The summed E-state index contributed by atoms with van der Waals surface area (Å²) in [6, 6.07) is 20.3. The molecule has 150 valence electrons. The van der Waals surface area contributed by atoms with Crippen molar-refractivity contribution in [2.75, 3.05) is 16.7 Å². The molecule has 3 rings (SSSR count). The zero-order chi connectivity index (χ0) is 21.0. The van der Waals surface area contributed by atoms with Gasteiger partial charge in [-0.3, -0.25) is 4.72 Å². The van der Waals surface area contributed by atoms with Crippen molar-refractivity contribution in [2.24, 2.45) is 0 Å². The molecular formula is C21H19BrN2O4S. The molecule has 0 unspecified atom stereocenters. The number of aromatic carboxylic acids is 1. The molecule has 8 heteroatoms. The highest BCUT2D eigenvalue weighted by Crippen LogP contribution is 2.30. The maximum atomic E-state index is 12.8. The molecule has 0 radical (unpaired) electrons. The smallest absolute Gasteiger partial charge is 0.335 e. The third-order valence-corrected chi connectivity index (χ3v) is 6.20. The number of anilines is 2. The summed E-state index contributed by atoms with van der Waals surface area (Å²) < 4.78 is 29.0. The lowest BCUT2D eigenvalue weighted by Crippen LogP contribution is -2.21. The van der Waals surface area contributed by atoms with Crippen LogP contribution in [-0.4, -0.2) is 26.5 Å². The molecule has 0 spiro atoms. The van der Waals surface area contributed by atoms with Crippen molar-refractivity contribution in [3.8, 4) is 0 Å². The Morgan fingerprint density at radius 3 is 2.31 bits per heavy atom. The Hall–Kier alpha value is -2.84. The molecule has 0 aliphatic carbocycles. The number of nitrogens with one attached hydrogen (secondary N) is 1. The van der Waals surface area contributed by atoms with E-state index in [-0.39, 0.29) is 16.1 Å². The van der Waals surface area contributed by atoms with Crippen molar-refractivity contribution in [3.63, 3.8) is 0 Å². The fourth-order valence-corrected chi connectivity index (χ4v) is 4.17. The summed E-state index contributed by atoms with van der Waals surface area (Å²) >= 11 is 3.28. The van der Waals surface area contributed by atoms with Crippen molar-refractivity contribution in [1.82, 2.24) is 0 Å². The van der Waals surface area contributed by atoms with E-state index in [1.807, 2.05) is 42.3 Å². The largest absolute Gasteiger partial charge is 0.478 e. The zero-order valence-electron chi connectivity index (χ0n) is 15.5. The van der Waals surface area contributed by atoms with Crippen molar-refractivity contribution in [3.05, 3.63) is 88.4 Å². The summed E-state index contributed by atoms with van der Waals surface area (Å²) in [5.41, 5.74) is 1.81. The monoisotopic (exact) mass is 474 g/mol. The zero-order valence-corrected chi connectivity index (χ0v) is 17.9. The Kier molecular flexibility index (Phi) is 6.24. The van der Waals surface area contributed by atoms with Crippen molar-refractivity contribution in [1.29, 1.82) is 0 Å². The average Bonchev–Trinajstić information content (AvgIpc) is 2.68. The third-order valence-electron chi connectivity index (χ3n) is 4.29. The minimum absolute atomic E-state index is 0.00429. The minimum atomic E-state index is -3.89. The molecule has 0 aromatic heterocycles. The summed E-state index contributed by atoms with van der Waals surface area (Å²) in [5, 5.41) is 9.32. The molecule has 0 saturated carbocycles. The molecule has 2 N–H and O–H groups in total. The number of nitrogens with zero attached hydrogens (tertiary/aromatic N) is 1. The van der Waals surface area contributed by atoms with Gasteiger partial charge < -0.3 is 10.0 Å². The van der Waals surface area contributed by atoms with E-state index >= 15 is 0 Å². The van der Waals surface area contributed by atoms with Crippen molar-refractivity contribution >= 4 is 43.3 Å². The van der Waals surface area contributed by atoms with Gasteiger partial charge in [0.25, 0.3) is 10.0 Å². The second-order valence-corrected chi connectivity index (χ2v) is 9.04. The lowest BCUT2D eigenvalue weighted by atomic mass is 10.1. The molecule has 0 heterocycles. The van der Waals surface area contributed by atoms with Crippen LogP contribution in [0.2, 0.25) is 0 Å². The summed E-state index contributed by atoms with van der Waals surface area (Å²) in [5.74, 6) is -1.13. The van der Waals surface area contributed by atoms with E-state index in [0.29, 0.717) is 12.2 Å². The van der Waals surface area contributed by atoms with Gasteiger partial charge in [-0.25, -0.2) is 13.2 Å². The van der Waals surface area contributed by atoms with E-state index in [1.165, 1.54) is 24.3 Å². The average molecular weight is 475 g/mol. The van der Waals surface area contributed by atoms with E-state index in [0.717, 1.165) is 10.0 Å². The van der Waals surface area contributed by atoms with Gasteiger partial charge in [0.05, 0.1) is 21.8 Å². The number of carboxylic acids is 1. The molecule has 3 aromatic carbocycles. The van der Waals surface area contributed by atoms with Gasteiger partial charge in [-0.2, -0.15) is 0 Å².